The summed E-state index contributed by atoms with van der Waals surface area (Å²) in [4.78, 5) is 20.3. The maximum Gasteiger partial charge on any atom is 0.316 e. The summed E-state index contributed by atoms with van der Waals surface area (Å²) >= 11 is 0. The number of hydrogen-bond acceptors (Lipinski definition) is 6. The van der Waals surface area contributed by atoms with Crippen LogP contribution in [0.2, 0.25) is 0 Å². The number of amides is 1. The van der Waals surface area contributed by atoms with Crippen molar-refractivity contribution in [2.45, 2.75) is 18.9 Å². The van der Waals surface area contributed by atoms with Gasteiger partial charge in [-0.2, -0.15) is 0 Å². The van der Waals surface area contributed by atoms with Gasteiger partial charge in [-0.3, -0.25) is 9.52 Å². The number of benzene rings is 2. The first-order chi connectivity index (χ1) is 15.1. The predicted octanol–water partition coefficient (Wildman–Crippen LogP) is 3.35. The molecule has 3 aromatic rings. The normalized spacial score (nSPS) is 19.5. The molecule has 1 amide bonds. The molecule has 5 rings (SSSR count). The van der Waals surface area contributed by atoms with Crippen LogP contribution in [-0.2, 0) is 22.2 Å². The smallest absolute Gasteiger partial charge is 0.316 e. The van der Waals surface area contributed by atoms with Crippen LogP contribution in [0.3, 0.4) is 0 Å². The van der Waals surface area contributed by atoms with Crippen molar-refractivity contribution >= 4 is 21.8 Å². The molecule has 7 nitrogen and oxygen atoms in total. The lowest BCUT2D eigenvalue weighted by Crippen LogP contribution is -2.16. The van der Waals surface area contributed by atoms with Crippen LogP contribution in [0, 0.1) is 0 Å². The standard InChI is InChI=1S/C23H19N3O4S/c1-29-23-24-12-15(13-25-23)17-3-2-4-19-18(17)9-10-20(19)30-16-7-5-14(6-8-16)21-11-22(27)26-31(21)28/h2-8,11-13,20H,9-10H2,1H3,(H,26,27)/t20-,31?/m1/s1. The van der Waals surface area contributed by atoms with Gasteiger partial charge in [-0.05, 0) is 47.2 Å². The van der Waals surface area contributed by atoms with Crippen LogP contribution >= 0.6 is 0 Å². The highest BCUT2D eigenvalue weighted by Crippen LogP contribution is 2.40. The van der Waals surface area contributed by atoms with Crippen molar-refractivity contribution in [1.29, 1.82) is 0 Å². The van der Waals surface area contributed by atoms with E-state index in [9.17, 15) is 9.00 Å². The van der Waals surface area contributed by atoms with E-state index in [1.54, 1.807) is 19.5 Å². The quantitative estimate of drug-likeness (QED) is 0.664. The topological polar surface area (TPSA) is 90.4 Å². The number of carbonyl (C=O) groups excluding carboxylic acids is 1. The fourth-order valence-electron chi connectivity index (χ4n) is 3.97. The summed E-state index contributed by atoms with van der Waals surface area (Å²) in [5.74, 6) is 0.387. The highest BCUT2D eigenvalue weighted by Gasteiger charge is 2.27. The molecule has 0 saturated heterocycles. The zero-order valence-electron chi connectivity index (χ0n) is 16.7. The highest BCUT2D eigenvalue weighted by molar-refractivity contribution is 7.93. The molecule has 0 saturated carbocycles. The number of methoxy groups -OCH3 is 1. The van der Waals surface area contributed by atoms with Crippen molar-refractivity contribution in [3.05, 3.63) is 77.6 Å². The Morgan fingerprint density at radius 1 is 1.06 bits per heavy atom. The molecule has 1 aliphatic heterocycles. The highest BCUT2D eigenvalue weighted by atomic mass is 32.2. The van der Waals surface area contributed by atoms with Gasteiger partial charge in [0.1, 0.15) is 11.9 Å². The number of carbonyl (C=O) groups is 1. The fourth-order valence-corrected chi connectivity index (χ4v) is 4.89. The van der Waals surface area contributed by atoms with Gasteiger partial charge in [-0.25, -0.2) is 14.2 Å². The maximum absolute atomic E-state index is 11.9. The van der Waals surface area contributed by atoms with Crippen LogP contribution in [0.15, 0.2) is 60.9 Å². The minimum Gasteiger partial charge on any atom is -0.486 e. The molecule has 8 heteroatoms. The third kappa shape index (κ3) is 3.70. The van der Waals surface area contributed by atoms with Crippen LogP contribution in [0.25, 0.3) is 16.0 Å². The number of rotatable bonds is 5. The Morgan fingerprint density at radius 2 is 1.84 bits per heavy atom. The average Bonchev–Trinajstić information content (AvgIpc) is 3.36. The van der Waals surface area contributed by atoms with Crippen LogP contribution in [-0.4, -0.2) is 27.2 Å². The Kier molecular flexibility index (Phi) is 4.99. The van der Waals surface area contributed by atoms with Crippen molar-refractivity contribution in [2.75, 3.05) is 7.11 Å². The van der Waals surface area contributed by atoms with E-state index in [0.717, 1.165) is 40.8 Å². The molecular formula is C23H19N3O4S. The minimum atomic E-state index is -1.50. The number of nitrogens with zero attached hydrogens (tertiary/aromatic N) is 2. The molecule has 1 unspecified atom stereocenters. The summed E-state index contributed by atoms with van der Waals surface area (Å²) in [7, 11) is 0.0434. The Labute approximate surface area is 181 Å². The van der Waals surface area contributed by atoms with Crippen molar-refractivity contribution in [2.24, 2.45) is 0 Å². The largest absolute Gasteiger partial charge is 0.486 e. The summed E-state index contributed by atoms with van der Waals surface area (Å²) in [6.45, 7) is 0. The van der Waals surface area contributed by atoms with Gasteiger partial charge in [0.05, 0.1) is 12.0 Å². The van der Waals surface area contributed by atoms with Crippen LogP contribution in [0.5, 0.6) is 11.8 Å². The van der Waals surface area contributed by atoms with Crippen molar-refractivity contribution in [3.63, 3.8) is 0 Å². The van der Waals surface area contributed by atoms with Crippen LogP contribution in [0.4, 0.5) is 0 Å². The minimum absolute atomic E-state index is 0.0527. The Hall–Kier alpha value is -3.52. The number of ether oxygens (including phenoxy) is 2. The summed E-state index contributed by atoms with van der Waals surface area (Å²) in [5.41, 5.74) is 5.19. The van der Waals surface area contributed by atoms with Gasteiger partial charge in [0.25, 0.3) is 5.91 Å². The molecule has 2 atom stereocenters. The average molecular weight is 433 g/mol. The third-order valence-corrected chi connectivity index (χ3v) is 6.55. The zero-order chi connectivity index (χ0) is 21.4. The summed E-state index contributed by atoms with van der Waals surface area (Å²) in [5, 5.41) is 0. The summed E-state index contributed by atoms with van der Waals surface area (Å²) < 4.78 is 25.6. The van der Waals surface area contributed by atoms with Gasteiger partial charge in [0, 0.05) is 24.0 Å². The molecule has 2 aliphatic rings. The van der Waals surface area contributed by atoms with E-state index >= 15 is 0 Å². The number of fused-ring (bicyclic) bond motifs is 1. The number of hydrogen-bond donors (Lipinski definition) is 1. The van der Waals surface area contributed by atoms with Crippen molar-refractivity contribution in [1.82, 2.24) is 14.7 Å². The first kappa shape index (κ1) is 19.4. The molecule has 31 heavy (non-hydrogen) atoms. The van der Waals surface area contributed by atoms with Crippen molar-refractivity contribution in [3.8, 4) is 22.9 Å². The number of aromatic nitrogens is 2. The molecule has 1 aromatic heterocycles. The van der Waals surface area contributed by atoms with Gasteiger partial charge in [0.15, 0.2) is 11.0 Å². The molecule has 1 aliphatic carbocycles. The van der Waals surface area contributed by atoms with E-state index in [0.29, 0.717) is 10.9 Å². The lowest BCUT2D eigenvalue weighted by atomic mass is 9.98. The molecule has 0 bridgehead atoms. The van der Waals surface area contributed by atoms with E-state index in [4.69, 9.17) is 9.47 Å². The van der Waals surface area contributed by atoms with E-state index in [1.807, 2.05) is 30.3 Å². The van der Waals surface area contributed by atoms with Crippen LogP contribution in [0.1, 0.15) is 29.2 Å². The van der Waals surface area contributed by atoms with E-state index < -0.39 is 11.0 Å². The predicted molar refractivity (Wildman–Crippen MR) is 116 cm³/mol. The van der Waals surface area contributed by atoms with E-state index in [2.05, 4.69) is 26.8 Å². The molecule has 2 aromatic carbocycles. The molecule has 156 valence electrons. The lowest BCUT2D eigenvalue weighted by Gasteiger charge is -2.16. The first-order valence-corrected chi connectivity index (χ1v) is 11.0. The molecular weight excluding hydrogens is 414 g/mol. The van der Waals surface area contributed by atoms with E-state index in [1.165, 1.54) is 11.6 Å². The van der Waals surface area contributed by atoms with Gasteiger partial charge < -0.3 is 9.47 Å². The lowest BCUT2D eigenvalue weighted by molar-refractivity contribution is -0.114. The van der Waals surface area contributed by atoms with Gasteiger partial charge in [-0.1, -0.05) is 30.3 Å². The SMILES string of the molecule is COc1ncc(-c2cccc3c2CC[C@H]3Oc2ccc(C3=CC(=O)NS3=O)cc2)cn1. The monoisotopic (exact) mass is 433 g/mol. The Balaban J connectivity index is 1.37. The second-order valence-electron chi connectivity index (χ2n) is 7.24. The Bertz CT molecular complexity index is 1210. The number of nitrogens with one attached hydrogen (secondary N) is 1. The summed E-state index contributed by atoms with van der Waals surface area (Å²) in [6, 6.07) is 13.9. The first-order valence-electron chi connectivity index (χ1n) is 9.82. The molecule has 0 fully saturated rings. The maximum atomic E-state index is 11.9. The van der Waals surface area contributed by atoms with Gasteiger partial charge in [0.2, 0.25) is 0 Å². The second-order valence-corrected chi connectivity index (χ2v) is 8.43. The molecule has 0 radical (unpaired) electrons. The molecule has 2 heterocycles. The Morgan fingerprint density at radius 3 is 2.52 bits per heavy atom. The zero-order valence-corrected chi connectivity index (χ0v) is 17.5. The second kappa shape index (κ2) is 7.96. The van der Waals surface area contributed by atoms with Crippen molar-refractivity contribution < 1.29 is 18.5 Å². The van der Waals surface area contributed by atoms with Gasteiger partial charge >= 0.3 is 6.01 Å². The van der Waals surface area contributed by atoms with E-state index in [-0.39, 0.29) is 12.0 Å². The molecule has 0 spiro atoms. The third-order valence-electron chi connectivity index (χ3n) is 5.41. The molecule has 1 N–H and O–H groups in total. The fraction of sp³-hybridized carbons (Fsp3) is 0.174. The van der Waals surface area contributed by atoms with Gasteiger partial charge in [-0.15, -0.1) is 0 Å². The van der Waals surface area contributed by atoms with Crippen LogP contribution < -0.4 is 14.2 Å². The summed E-state index contributed by atoms with van der Waals surface area (Å²) in [6.07, 6.45) is 6.64.